The molecule has 15 nitrogen and oxygen atoms in total. The number of halogens is 5. The van der Waals surface area contributed by atoms with Crippen molar-refractivity contribution in [2.24, 2.45) is 11.5 Å². The van der Waals surface area contributed by atoms with E-state index >= 15 is 0 Å². The molecule has 0 aliphatic heterocycles. The molecule has 0 saturated heterocycles. The maximum Gasteiger partial charge on any atom is 0.222 e. The van der Waals surface area contributed by atoms with Gasteiger partial charge in [-0.25, -0.2) is 22.0 Å². The van der Waals surface area contributed by atoms with Gasteiger partial charge in [-0.3, -0.25) is 19.2 Å². The van der Waals surface area contributed by atoms with Crippen molar-refractivity contribution in [3.63, 3.8) is 0 Å². The number of nitrogens with one attached hydrogen (secondary N) is 4. The molecule has 1 atom stereocenters. The molecule has 0 radical (unpaired) electrons. The molecule has 0 spiro atoms. The molecule has 0 fully saturated rings. The minimum Gasteiger partial charge on any atom is -0.380 e. The number of carbonyl (C=O) groups is 4. The SMILES string of the molecule is C=C(CCCCCCCCCCCOCCNC=O)Cc1c(F)c(F)c(F)c(F)c1F.CC(CCCCNC(=O)CCOCCOCN)NC(=O)CCCNC(=O)CCOCCOCCN. The van der Waals surface area contributed by atoms with Crippen LogP contribution in [0.4, 0.5) is 22.0 Å². The molecule has 66 heavy (non-hydrogen) atoms. The average Bonchev–Trinajstić information content (AvgIpc) is 3.30. The second-order valence-corrected chi connectivity index (χ2v) is 15.6. The van der Waals surface area contributed by atoms with Gasteiger partial charge in [0.15, 0.2) is 23.3 Å². The highest BCUT2D eigenvalue weighted by Crippen LogP contribution is 2.26. The van der Waals surface area contributed by atoms with Gasteiger partial charge in [0, 0.05) is 63.7 Å². The molecule has 0 bridgehead atoms. The molecular formula is C46H79F5N6O9. The zero-order chi connectivity index (χ0) is 49.0. The number of rotatable bonds is 43. The van der Waals surface area contributed by atoms with E-state index in [4.69, 9.17) is 35.2 Å². The molecule has 382 valence electrons. The van der Waals surface area contributed by atoms with Gasteiger partial charge in [-0.2, -0.15) is 0 Å². The topological polar surface area (TPSA) is 215 Å². The Morgan fingerprint density at radius 1 is 0.545 bits per heavy atom. The van der Waals surface area contributed by atoms with E-state index in [0.717, 1.165) is 77.0 Å². The normalized spacial score (nSPS) is 11.4. The quantitative estimate of drug-likeness (QED) is 0.00910. The second kappa shape index (κ2) is 43.8. The molecule has 0 aromatic heterocycles. The van der Waals surface area contributed by atoms with Crippen LogP contribution in [0.15, 0.2) is 12.2 Å². The van der Waals surface area contributed by atoms with E-state index in [1.807, 2.05) is 6.92 Å². The van der Waals surface area contributed by atoms with Crippen molar-refractivity contribution in [3.8, 4) is 0 Å². The summed E-state index contributed by atoms with van der Waals surface area (Å²) in [6.07, 6.45) is 14.3. The monoisotopic (exact) mass is 955 g/mol. The molecule has 8 N–H and O–H groups in total. The van der Waals surface area contributed by atoms with E-state index in [0.29, 0.717) is 123 Å². The van der Waals surface area contributed by atoms with E-state index in [9.17, 15) is 41.1 Å². The van der Waals surface area contributed by atoms with E-state index in [1.165, 1.54) is 0 Å². The van der Waals surface area contributed by atoms with Crippen LogP contribution < -0.4 is 32.7 Å². The van der Waals surface area contributed by atoms with Gasteiger partial charge in [0.25, 0.3) is 0 Å². The lowest BCUT2D eigenvalue weighted by atomic mass is 9.99. The van der Waals surface area contributed by atoms with Crippen LogP contribution in [-0.2, 0) is 49.3 Å². The van der Waals surface area contributed by atoms with Crippen LogP contribution in [0.5, 0.6) is 0 Å². The van der Waals surface area contributed by atoms with Gasteiger partial charge < -0.3 is 56.4 Å². The zero-order valence-corrected chi connectivity index (χ0v) is 39.2. The van der Waals surface area contributed by atoms with Crippen molar-refractivity contribution in [3.05, 3.63) is 46.8 Å². The first-order valence-electron chi connectivity index (χ1n) is 23.3. The van der Waals surface area contributed by atoms with E-state index in [2.05, 4.69) is 27.8 Å². The number of ether oxygens (including phenoxy) is 5. The summed E-state index contributed by atoms with van der Waals surface area (Å²) in [6, 6.07) is 0.0583. The molecule has 0 aliphatic carbocycles. The lowest BCUT2D eigenvalue weighted by Crippen LogP contribution is -2.33. The minimum absolute atomic E-state index is 0.0299. The molecule has 1 aromatic carbocycles. The lowest BCUT2D eigenvalue weighted by molar-refractivity contribution is -0.124. The van der Waals surface area contributed by atoms with Crippen LogP contribution in [0.2, 0.25) is 0 Å². The van der Waals surface area contributed by atoms with Gasteiger partial charge >= 0.3 is 0 Å². The molecule has 0 saturated carbocycles. The summed E-state index contributed by atoms with van der Waals surface area (Å²) in [5.74, 6) is -9.70. The average molecular weight is 955 g/mol. The third-order valence-corrected chi connectivity index (χ3v) is 9.79. The number of unbranched alkanes of at least 4 members (excludes halogenated alkanes) is 9. The zero-order valence-electron chi connectivity index (χ0n) is 39.2. The molecular weight excluding hydrogens is 876 g/mol. The Bertz CT molecular complexity index is 1420. The van der Waals surface area contributed by atoms with Crippen molar-refractivity contribution < 1.29 is 64.8 Å². The highest BCUT2D eigenvalue weighted by molar-refractivity contribution is 5.77. The van der Waals surface area contributed by atoms with Crippen molar-refractivity contribution >= 4 is 24.1 Å². The maximum absolute atomic E-state index is 13.7. The number of benzene rings is 1. The molecule has 20 heteroatoms. The maximum atomic E-state index is 13.7. The molecule has 1 aromatic rings. The minimum atomic E-state index is -2.14. The highest BCUT2D eigenvalue weighted by Gasteiger charge is 2.25. The number of allylic oxidation sites excluding steroid dienone is 1. The first-order valence-corrected chi connectivity index (χ1v) is 23.3. The van der Waals surface area contributed by atoms with Gasteiger partial charge in [-0.05, 0) is 58.3 Å². The third-order valence-electron chi connectivity index (χ3n) is 9.79. The van der Waals surface area contributed by atoms with E-state index in [-0.39, 0.29) is 43.3 Å². The first kappa shape index (κ1) is 62.2. The van der Waals surface area contributed by atoms with Crippen LogP contribution in [0.25, 0.3) is 0 Å². The number of nitrogens with two attached hydrogens (primary N) is 2. The predicted molar refractivity (Wildman–Crippen MR) is 243 cm³/mol. The molecule has 1 rings (SSSR count). The molecule has 1 unspecified atom stereocenters. The Morgan fingerprint density at radius 2 is 1.05 bits per heavy atom. The van der Waals surface area contributed by atoms with Crippen LogP contribution >= 0.6 is 0 Å². The number of carbonyl (C=O) groups excluding carboxylic acids is 4. The van der Waals surface area contributed by atoms with Crippen LogP contribution in [0.1, 0.15) is 122 Å². The Hall–Kier alpha value is -3.79. The van der Waals surface area contributed by atoms with Crippen molar-refractivity contribution in [2.75, 3.05) is 92.4 Å². The van der Waals surface area contributed by atoms with Crippen LogP contribution in [0, 0.1) is 29.1 Å². The largest absolute Gasteiger partial charge is 0.380 e. The van der Waals surface area contributed by atoms with E-state index < -0.39 is 34.6 Å². The summed E-state index contributed by atoms with van der Waals surface area (Å²) < 4.78 is 93.0. The Kier molecular flexibility index (Phi) is 41.2. The second-order valence-electron chi connectivity index (χ2n) is 15.6. The standard InChI is InChI=1S/C23H32F5NO2.C23H47N5O7/c1-17(15-18-19(24)21(26)23(28)22(27)20(18)25)11-9-7-5-3-2-4-6-8-10-13-31-14-12-29-16-30;1-20(5-2-3-10-26-21(29)7-13-33-17-18-35-19-25)28-23(31)6-4-11-27-22(30)8-12-32-15-16-34-14-9-24/h16H,1-15H2,(H,29,30);20H,2-19,24-25H2,1H3,(H,26,29)(H,27,30)(H,28,31). The van der Waals surface area contributed by atoms with E-state index in [1.54, 1.807) is 0 Å². The van der Waals surface area contributed by atoms with Crippen molar-refractivity contribution in [1.29, 1.82) is 0 Å². The first-order chi connectivity index (χ1) is 31.9. The van der Waals surface area contributed by atoms with Crippen LogP contribution in [-0.4, -0.2) is 123 Å². The summed E-state index contributed by atoms with van der Waals surface area (Å²) >= 11 is 0. The number of hydrogen-bond acceptors (Lipinski definition) is 11. The summed E-state index contributed by atoms with van der Waals surface area (Å²) in [5, 5.41) is 11.1. The van der Waals surface area contributed by atoms with Crippen molar-refractivity contribution in [2.45, 2.75) is 129 Å². The fourth-order valence-electron chi connectivity index (χ4n) is 6.17. The number of amides is 4. The molecule has 0 aliphatic rings. The Balaban J connectivity index is 0.00000129. The van der Waals surface area contributed by atoms with Crippen molar-refractivity contribution in [1.82, 2.24) is 21.3 Å². The predicted octanol–water partition coefficient (Wildman–Crippen LogP) is 5.54. The lowest BCUT2D eigenvalue weighted by Gasteiger charge is -2.14. The van der Waals surface area contributed by atoms with Gasteiger partial charge in [0.1, 0.15) is 0 Å². The van der Waals surface area contributed by atoms with Crippen LogP contribution in [0.3, 0.4) is 0 Å². The highest BCUT2D eigenvalue weighted by atomic mass is 19.2. The summed E-state index contributed by atoms with van der Waals surface area (Å²) in [6.45, 7) is 12.1. The fourth-order valence-corrected chi connectivity index (χ4v) is 6.17. The van der Waals surface area contributed by atoms with Gasteiger partial charge in [0.05, 0.1) is 59.6 Å². The smallest absolute Gasteiger partial charge is 0.222 e. The fraction of sp³-hybridized carbons (Fsp3) is 0.739. The molecule has 0 heterocycles. The summed E-state index contributed by atoms with van der Waals surface area (Å²) in [5.41, 5.74) is 10.1. The summed E-state index contributed by atoms with van der Waals surface area (Å²) in [7, 11) is 0. The Morgan fingerprint density at radius 3 is 1.61 bits per heavy atom. The van der Waals surface area contributed by atoms with Gasteiger partial charge in [-0.15, -0.1) is 0 Å². The van der Waals surface area contributed by atoms with Gasteiger partial charge in [0.2, 0.25) is 29.9 Å². The Labute approximate surface area is 388 Å². The summed E-state index contributed by atoms with van der Waals surface area (Å²) in [4.78, 5) is 45.5. The third kappa shape index (κ3) is 35.4. The molecule has 4 amide bonds. The number of hydrogen-bond donors (Lipinski definition) is 6. The van der Waals surface area contributed by atoms with Gasteiger partial charge in [-0.1, -0.05) is 57.1 Å².